The van der Waals surface area contributed by atoms with Gasteiger partial charge in [-0.1, -0.05) is 6.07 Å². The summed E-state index contributed by atoms with van der Waals surface area (Å²) in [6.45, 7) is 3.44. The van der Waals surface area contributed by atoms with Crippen LogP contribution in [0.5, 0.6) is 0 Å². The minimum absolute atomic E-state index is 0.0841. The number of hydrogen-bond acceptors (Lipinski definition) is 3. The zero-order valence-corrected chi connectivity index (χ0v) is 10.4. The molecule has 0 radical (unpaired) electrons. The minimum Gasteiger partial charge on any atom is -0.345 e. The summed E-state index contributed by atoms with van der Waals surface area (Å²) < 4.78 is 0. The lowest BCUT2D eigenvalue weighted by Gasteiger charge is -2.32. The lowest BCUT2D eigenvalue weighted by molar-refractivity contribution is 0.0666. The van der Waals surface area contributed by atoms with Gasteiger partial charge in [-0.25, -0.2) is 4.98 Å². The fraction of sp³-hybridized carbons (Fsp3) is 0.385. The number of amides is 1. The number of nitrogens with zero attached hydrogens (tertiary/aromatic N) is 3. The van der Waals surface area contributed by atoms with E-state index in [0.717, 1.165) is 37.2 Å². The van der Waals surface area contributed by atoms with Crippen LogP contribution in [0.2, 0.25) is 0 Å². The Morgan fingerprint density at radius 2 is 2.06 bits per heavy atom. The molecule has 0 spiro atoms. The molecule has 1 amide bonds. The van der Waals surface area contributed by atoms with Gasteiger partial charge in [-0.05, 0) is 19.2 Å². The van der Waals surface area contributed by atoms with Crippen LogP contribution in [0.25, 0.3) is 11.0 Å². The molecule has 94 valence electrons. The van der Waals surface area contributed by atoms with Gasteiger partial charge in [0.25, 0.3) is 5.91 Å². The number of piperazine rings is 1. The van der Waals surface area contributed by atoms with E-state index >= 15 is 0 Å². The Morgan fingerprint density at radius 3 is 2.83 bits per heavy atom. The maximum atomic E-state index is 12.5. The van der Waals surface area contributed by atoms with Crippen molar-refractivity contribution in [3.63, 3.8) is 0 Å². The standard InChI is InChI=1S/C13H16N4O/c1-16-5-7-17(8-6-16)13(18)10-3-2-4-11-12(10)15-9-14-11/h2-4,9H,5-8H2,1H3,(H,14,15). The Bertz CT molecular complexity index is 569. The van der Waals surface area contributed by atoms with Crippen LogP contribution in [0.15, 0.2) is 24.5 Å². The second-order valence-electron chi connectivity index (χ2n) is 4.70. The first-order chi connectivity index (χ1) is 8.75. The third kappa shape index (κ3) is 1.86. The number of aromatic amines is 1. The number of imidazole rings is 1. The van der Waals surface area contributed by atoms with Gasteiger partial charge >= 0.3 is 0 Å². The number of carbonyl (C=O) groups is 1. The highest BCUT2D eigenvalue weighted by Crippen LogP contribution is 2.17. The average Bonchev–Trinajstić information content (AvgIpc) is 2.87. The molecule has 3 rings (SSSR count). The molecule has 0 aliphatic carbocycles. The van der Waals surface area contributed by atoms with E-state index < -0.39 is 0 Å². The van der Waals surface area contributed by atoms with E-state index in [9.17, 15) is 4.79 Å². The predicted molar refractivity (Wildman–Crippen MR) is 69.5 cm³/mol. The van der Waals surface area contributed by atoms with Crippen molar-refractivity contribution >= 4 is 16.9 Å². The van der Waals surface area contributed by atoms with E-state index in [-0.39, 0.29) is 5.91 Å². The molecule has 1 aliphatic rings. The van der Waals surface area contributed by atoms with Gasteiger partial charge in [-0.2, -0.15) is 0 Å². The third-order valence-electron chi connectivity index (χ3n) is 3.47. The van der Waals surface area contributed by atoms with E-state index in [2.05, 4.69) is 21.9 Å². The highest BCUT2D eigenvalue weighted by Gasteiger charge is 2.22. The van der Waals surface area contributed by atoms with Crippen LogP contribution >= 0.6 is 0 Å². The highest BCUT2D eigenvalue weighted by atomic mass is 16.2. The normalized spacial score (nSPS) is 17.3. The number of likely N-dealkylation sites (N-methyl/N-ethyl adjacent to an activating group) is 1. The Balaban J connectivity index is 1.90. The van der Waals surface area contributed by atoms with Crippen molar-refractivity contribution in [2.75, 3.05) is 33.2 Å². The van der Waals surface area contributed by atoms with Crippen molar-refractivity contribution in [1.82, 2.24) is 19.8 Å². The second-order valence-corrected chi connectivity index (χ2v) is 4.70. The Labute approximate surface area is 105 Å². The van der Waals surface area contributed by atoms with Gasteiger partial charge in [0.1, 0.15) is 5.52 Å². The summed E-state index contributed by atoms with van der Waals surface area (Å²) in [6.07, 6.45) is 1.63. The molecule has 0 bridgehead atoms. The van der Waals surface area contributed by atoms with Gasteiger partial charge in [-0.15, -0.1) is 0 Å². The Kier molecular flexibility index (Phi) is 2.76. The molecule has 1 fully saturated rings. The van der Waals surface area contributed by atoms with Gasteiger partial charge < -0.3 is 14.8 Å². The molecule has 1 aromatic carbocycles. The summed E-state index contributed by atoms with van der Waals surface area (Å²) in [7, 11) is 2.08. The fourth-order valence-corrected chi connectivity index (χ4v) is 2.32. The zero-order valence-electron chi connectivity index (χ0n) is 10.4. The average molecular weight is 244 g/mol. The topological polar surface area (TPSA) is 52.2 Å². The van der Waals surface area contributed by atoms with Gasteiger partial charge in [-0.3, -0.25) is 4.79 Å². The van der Waals surface area contributed by atoms with Gasteiger partial charge in [0, 0.05) is 26.2 Å². The monoisotopic (exact) mass is 244 g/mol. The SMILES string of the molecule is CN1CCN(C(=O)c2cccc3[nH]cnc23)CC1. The second kappa shape index (κ2) is 4.42. The van der Waals surface area contributed by atoms with Gasteiger partial charge in [0.2, 0.25) is 0 Å². The summed E-state index contributed by atoms with van der Waals surface area (Å²) >= 11 is 0. The number of hydrogen-bond donors (Lipinski definition) is 1. The van der Waals surface area contributed by atoms with Crippen LogP contribution in [-0.2, 0) is 0 Å². The highest BCUT2D eigenvalue weighted by molar-refractivity contribution is 6.04. The molecule has 1 aromatic heterocycles. The van der Waals surface area contributed by atoms with E-state index in [1.54, 1.807) is 6.33 Å². The fourth-order valence-electron chi connectivity index (χ4n) is 2.32. The van der Waals surface area contributed by atoms with Crippen molar-refractivity contribution in [1.29, 1.82) is 0 Å². The number of benzene rings is 1. The minimum atomic E-state index is 0.0841. The number of H-pyrrole nitrogens is 1. The van der Waals surface area contributed by atoms with Crippen LogP contribution in [0.3, 0.4) is 0 Å². The van der Waals surface area contributed by atoms with Crippen LogP contribution < -0.4 is 0 Å². The molecule has 1 aliphatic heterocycles. The van der Waals surface area contributed by atoms with Crippen LogP contribution in [0.1, 0.15) is 10.4 Å². The Morgan fingerprint density at radius 1 is 1.28 bits per heavy atom. The summed E-state index contributed by atoms with van der Waals surface area (Å²) in [5.74, 6) is 0.0841. The number of carbonyl (C=O) groups excluding carboxylic acids is 1. The summed E-state index contributed by atoms with van der Waals surface area (Å²) in [5.41, 5.74) is 2.37. The van der Waals surface area contributed by atoms with Crippen LogP contribution in [0, 0.1) is 0 Å². The molecule has 2 aromatic rings. The first-order valence-corrected chi connectivity index (χ1v) is 6.15. The molecule has 1 N–H and O–H groups in total. The maximum Gasteiger partial charge on any atom is 0.256 e. The van der Waals surface area contributed by atoms with Crippen LogP contribution in [-0.4, -0.2) is 58.9 Å². The van der Waals surface area contributed by atoms with E-state index in [4.69, 9.17) is 0 Å². The van der Waals surface area contributed by atoms with E-state index in [1.165, 1.54) is 0 Å². The molecule has 2 heterocycles. The van der Waals surface area contributed by atoms with Crippen molar-refractivity contribution in [2.24, 2.45) is 0 Å². The largest absolute Gasteiger partial charge is 0.345 e. The molecular weight excluding hydrogens is 228 g/mol. The van der Waals surface area contributed by atoms with Gasteiger partial charge in [0.15, 0.2) is 0 Å². The number of aromatic nitrogens is 2. The van der Waals surface area contributed by atoms with Crippen molar-refractivity contribution in [2.45, 2.75) is 0 Å². The van der Waals surface area contributed by atoms with Crippen LogP contribution in [0.4, 0.5) is 0 Å². The quantitative estimate of drug-likeness (QED) is 0.812. The maximum absolute atomic E-state index is 12.5. The zero-order chi connectivity index (χ0) is 12.5. The molecule has 18 heavy (non-hydrogen) atoms. The first-order valence-electron chi connectivity index (χ1n) is 6.15. The number of para-hydroxylation sites is 1. The van der Waals surface area contributed by atoms with E-state index in [0.29, 0.717) is 5.56 Å². The lowest BCUT2D eigenvalue weighted by atomic mass is 10.1. The molecule has 5 nitrogen and oxygen atoms in total. The van der Waals surface area contributed by atoms with Crippen molar-refractivity contribution in [3.8, 4) is 0 Å². The summed E-state index contributed by atoms with van der Waals surface area (Å²) in [4.78, 5) is 23.9. The van der Waals surface area contributed by atoms with Crippen molar-refractivity contribution < 1.29 is 4.79 Å². The molecular formula is C13H16N4O. The van der Waals surface area contributed by atoms with Gasteiger partial charge in [0.05, 0.1) is 17.4 Å². The third-order valence-corrected chi connectivity index (χ3v) is 3.47. The predicted octanol–water partition coefficient (Wildman–Crippen LogP) is 0.951. The first kappa shape index (κ1) is 11.2. The smallest absolute Gasteiger partial charge is 0.256 e. The van der Waals surface area contributed by atoms with E-state index in [1.807, 2.05) is 23.1 Å². The number of rotatable bonds is 1. The summed E-state index contributed by atoms with van der Waals surface area (Å²) in [5, 5.41) is 0. The number of fused-ring (bicyclic) bond motifs is 1. The molecule has 5 heteroatoms. The lowest BCUT2D eigenvalue weighted by Crippen LogP contribution is -2.47. The van der Waals surface area contributed by atoms with Crippen molar-refractivity contribution in [3.05, 3.63) is 30.1 Å². The molecule has 0 atom stereocenters. The Hall–Kier alpha value is -1.88. The number of nitrogens with one attached hydrogen (secondary N) is 1. The molecule has 0 saturated carbocycles. The molecule has 0 unspecified atom stereocenters. The molecule has 1 saturated heterocycles. The summed E-state index contributed by atoms with van der Waals surface area (Å²) in [6, 6.07) is 5.68.